The molecule has 2 N–H and O–H groups in total. The van der Waals surface area contributed by atoms with Crippen molar-refractivity contribution in [3.63, 3.8) is 0 Å². The number of fused-ring (bicyclic) bond motifs is 1. The molecule has 2 unspecified atom stereocenters. The Bertz CT molecular complexity index is 671. The van der Waals surface area contributed by atoms with Crippen molar-refractivity contribution < 1.29 is 4.79 Å². The Balaban J connectivity index is 1.70. The summed E-state index contributed by atoms with van der Waals surface area (Å²) < 4.78 is 0. The number of halogens is 1. The first-order chi connectivity index (χ1) is 10.1. The largest absolute Gasteiger partial charge is 0.324 e. The molecule has 0 bridgehead atoms. The lowest BCUT2D eigenvalue weighted by Gasteiger charge is -2.18. The molecule has 21 heavy (non-hydrogen) atoms. The van der Waals surface area contributed by atoms with Crippen molar-refractivity contribution in [3.05, 3.63) is 64.7 Å². The van der Waals surface area contributed by atoms with Crippen LogP contribution in [-0.2, 0) is 11.2 Å². The summed E-state index contributed by atoms with van der Waals surface area (Å²) in [6.07, 6.45) is 0.826. The van der Waals surface area contributed by atoms with E-state index < -0.39 is 0 Å². The summed E-state index contributed by atoms with van der Waals surface area (Å²) in [7, 11) is 0. The maximum Gasteiger partial charge on any atom is 0.246 e. The average Bonchev–Trinajstić information content (AvgIpc) is 2.75. The first kappa shape index (κ1) is 14.1. The van der Waals surface area contributed by atoms with E-state index in [0.717, 1.165) is 28.3 Å². The molecule has 0 fully saturated rings. The number of nitrogens with one attached hydrogen (secondary N) is 2. The zero-order chi connectivity index (χ0) is 14.8. The predicted octanol–water partition coefficient (Wildman–Crippen LogP) is 3.55. The predicted molar refractivity (Wildman–Crippen MR) is 85.6 cm³/mol. The van der Waals surface area contributed by atoms with Crippen LogP contribution in [0.1, 0.15) is 24.1 Å². The van der Waals surface area contributed by atoms with Crippen molar-refractivity contribution in [2.24, 2.45) is 0 Å². The summed E-state index contributed by atoms with van der Waals surface area (Å²) in [5.74, 6) is 0.00847. The zero-order valence-electron chi connectivity index (χ0n) is 11.8. The molecule has 4 heteroatoms. The number of carbonyl (C=O) groups excluding carboxylic acids is 1. The van der Waals surface area contributed by atoms with Gasteiger partial charge >= 0.3 is 0 Å². The second-order valence-electron chi connectivity index (χ2n) is 5.41. The fourth-order valence-corrected chi connectivity index (χ4v) is 2.95. The molecule has 0 spiro atoms. The average molecular weight is 301 g/mol. The number of para-hydroxylation sites is 1. The van der Waals surface area contributed by atoms with E-state index in [1.54, 1.807) is 0 Å². The SMILES string of the molecule is CC(Cc1cccc(Cl)c1)NC1C(=O)Nc2ccccc21. The van der Waals surface area contributed by atoms with E-state index >= 15 is 0 Å². The normalized spacial score (nSPS) is 18.2. The minimum Gasteiger partial charge on any atom is -0.324 e. The molecule has 1 heterocycles. The highest BCUT2D eigenvalue weighted by atomic mass is 35.5. The monoisotopic (exact) mass is 300 g/mol. The summed E-state index contributed by atoms with van der Waals surface area (Å²) in [6, 6.07) is 15.5. The zero-order valence-corrected chi connectivity index (χ0v) is 12.5. The summed E-state index contributed by atoms with van der Waals surface area (Å²) in [6.45, 7) is 2.08. The highest BCUT2D eigenvalue weighted by Gasteiger charge is 2.30. The van der Waals surface area contributed by atoms with Crippen molar-refractivity contribution in [1.29, 1.82) is 0 Å². The van der Waals surface area contributed by atoms with Crippen molar-refractivity contribution in [3.8, 4) is 0 Å². The van der Waals surface area contributed by atoms with Crippen LogP contribution in [0.2, 0.25) is 5.02 Å². The van der Waals surface area contributed by atoms with Gasteiger partial charge in [-0.2, -0.15) is 0 Å². The molecular formula is C17H17ClN2O. The number of hydrogen-bond donors (Lipinski definition) is 2. The van der Waals surface area contributed by atoms with Crippen LogP contribution in [0.4, 0.5) is 5.69 Å². The number of benzene rings is 2. The molecule has 2 atom stereocenters. The maximum atomic E-state index is 12.1. The van der Waals surface area contributed by atoms with Crippen molar-refractivity contribution >= 4 is 23.2 Å². The number of rotatable bonds is 4. The molecule has 0 aromatic heterocycles. The van der Waals surface area contributed by atoms with Gasteiger partial charge in [0.05, 0.1) is 0 Å². The molecule has 0 aliphatic carbocycles. The molecule has 0 radical (unpaired) electrons. The molecule has 1 aliphatic rings. The number of anilines is 1. The standard InChI is InChI=1S/C17H17ClN2O/c1-11(9-12-5-4-6-13(18)10-12)19-16-14-7-2-3-8-15(14)20-17(16)21/h2-8,10-11,16,19H,9H2,1H3,(H,20,21). The third-order valence-corrected chi connectivity index (χ3v) is 3.91. The fourth-order valence-electron chi connectivity index (χ4n) is 2.74. The van der Waals surface area contributed by atoms with Gasteiger partial charge in [-0.05, 0) is 37.1 Å². The number of hydrogen-bond acceptors (Lipinski definition) is 2. The van der Waals surface area contributed by atoms with Gasteiger partial charge in [0.25, 0.3) is 0 Å². The molecule has 1 aliphatic heterocycles. The Morgan fingerprint density at radius 3 is 2.86 bits per heavy atom. The van der Waals surface area contributed by atoms with Gasteiger partial charge in [-0.25, -0.2) is 0 Å². The van der Waals surface area contributed by atoms with Gasteiger partial charge in [-0.1, -0.05) is 41.9 Å². The van der Waals surface area contributed by atoms with Crippen LogP contribution >= 0.6 is 11.6 Å². The molecule has 3 rings (SSSR count). The van der Waals surface area contributed by atoms with Gasteiger partial charge in [-0.15, -0.1) is 0 Å². The van der Waals surface area contributed by atoms with Crippen LogP contribution in [0.5, 0.6) is 0 Å². The quantitative estimate of drug-likeness (QED) is 0.906. The van der Waals surface area contributed by atoms with Crippen LogP contribution in [0.25, 0.3) is 0 Å². The van der Waals surface area contributed by atoms with Crippen LogP contribution in [0, 0.1) is 0 Å². The Morgan fingerprint density at radius 1 is 1.24 bits per heavy atom. The van der Waals surface area contributed by atoms with Gasteiger partial charge in [-0.3, -0.25) is 10.1 Å². The Labute approximate surface area is 129 Å². The lowest BCUT2D eigenvalue weighted by molar-refractivity contribution is -0.117. The second kappa shape index (κ2) is 5.88. The molecule has 2 aromatic rings. The van der Waals surface area contributed by atoms with Crippen LogP contribution in [0.15, 0.2) is 48.5 Å². The lowest BCUT2D eigenvalue weighted by Crippen LogP contribution is -2.35. The summed E-state index contributed by atoms with van der Waals surface area (Å²) >= 11 is 6.00. The highest BCUT2D eigenvalue weighted by Crippen LogP contribution is 2.30. The smallest absolute Gasteiger partial charge is 0.246 e. The van der Waals surface area contributed by atoms with Crippen LogP contribution in [-0.4, -0.2) is 11.9 Å². The highest BCUT2D eigenvalue weighted by molar-refractivity contribution is 6.30. The maximum absolute atomic E-state index is 12.1. The molecule has 0 saturated carbocycles. The van der Waals surface area contributed by atoms with Crippen molar-refractivity contribution in [2.45, 2.75) is 25.4 Å². The lowest BCUT2D eigenvalue weighted by atomic mass is 10.0. The molecule has 3 nitrogen and oxygen atoms in total. The van der Waals surface area contributed by atoms with Gasteiger partial charge in [0.15, 0.2) is 0 Å². The van der Waals surface area contributed by atoms with Crippen molar-refractivity contribution in [1.82, 2.24) is 5.32 Å². The molecule has 0 saturated heterocycles. The second-order valence-corrected chi connectivity index (χ2v) is 5.85. The van der Waals surface area contributed by atoms with Crippen LogP contribution in [0.3, 0.4) is 0 Å². The van der Waals surface area contributed by atoms with E-state index in [0.29, 0.717) is 0 Å². The van der Waals surface area contributed by atoms with E-state index in [1.165, 1.54) is 0 Å². The fraction of sp³-hybridized carbons (Fsp3) is 0.235. The molecule has 2 aromatic carbocycles. The van der Waals surface area contributed by atoms with Crippen molar-refractivity contribution in [2.75, 3.05) is 5.32 Å². The topological polar surface area (TPSA) is 41.1 Å². The Morgan fingerprint density at radius 2 is 2.05 bits per heavy atom. The van der Waals surface area contributed by atoms with E-state index in [-0.39, 0.29) is 18.0 Å². The first-order valence-corrected chi connectivity index (χ1v) is 7.41. The van der Waals surface area contributed by atoms with E-state index in [9.17, 15) is 4.79 Å². The van der Waals surface area contributed by atoms with Gasteiger partial charge in [0.1, 0.15) is 6.04 Å². The van der Waals surface area contributed by atoms with Gasteiger partial charge < -0.3 is 5.32 Å². The van der Waals surface area contributed by atoms with E-state index in [1.807, 2.05) is 48.5 Å². The third-order valence-electron chi connectivity index (χ3n) is 3.67. The number of carbonyl (C=O) groups is 1. The van der Waals surface area contributed by atoms with Gasteiger partial charge in [0, 0.05) is 22.3 Å². The first-order valence-electron chi connectivity index (χ1n) is 7.04. The van der Waals surface area contributed by atoms with E-state index in [4.69, 9.17) is 11.6 Å². The Hall–Kier alpha value is -1.84. The van der Waals surface area contributed by atoms with Crippen LogP contribution < -0.4 is 10.6 Å². The minimum absolute atomic E-state index is 0.00847. The molecule has 1 amide bonds. The Kier molecular flexibility index (Phi) is 3.95. The number of amides is 1. The third kappa shape index (κ3) is 3.09. The molecular weight excluding hydrogens is 284 g/mol. The molecule has 108 valence electrons. The van der Waals surface area contributed by atoms with E-state index in [2.05, 4.69) is 17.6 Å². The summed E-state index contributed by atoms with van der Waals surface area (Å²) in [4.78, 5) is 12.1. The minimum atomic E-state index is -0.282. The summed E-state index contributed by atoms with van der Waals surface area (Å²) in [5.41, 5.74) is 3.07. The van der Waals surface area contributed by atoms with Gasteiger partial charge in [0.2, 0.25) is 5.91 Å². The summed E-state index contributed by atoms with van der Waals surface area (Å²) in [5, 5.41) is 7.04.